The first kappa shape index (κ1) is 83.3. The van der Waals surface area contributed by atoms with Crippen LogP contribution in [0.5, 0.6) is 0 Å². The van der Waals surface area contributed by atoms with E-state index in [-0.39, 0.29) is 187 Å². The van der Waals surface area contributed by atoms with E-state index in [0.29, 0.717) is 0 Å². The van der Waals surface area contributed by atoms with Gasteiger partial charge < -0.3 is 0 Å². The zero-order valence-electron chi connectivity index (χ0n) is 3.37. The molecule has 0 aromatic rings. The predicted octanol–water partition coefficient (Wildman–Crippen LogP) is -0.0175. The van der Waals surface area contributed by atoms with E-state index in [9.17, 15) is 0 Å². The Morgan fingerprint density at radius 2 is 0.222 bits per heavy atom. The van der Waals surface area contributed by atoms with Crippen molar-refractivity contribution in [2.45, 2.75) is 0 Å². The standard InChI is InChI=1S/2La.7Ni. The second kappa shape index (κ2) is 66.9. The Labute approximate surface area is 182 Å². The molecule has 0 aliphatic heterocycles. The maximum absolute atomic E-state index is 0. The van der Waals surface area contributed by atoms with Crippen LogP contribution in [0.15, 0.2) is 0 Å². The zero-order chi connectivity index (χ0) is 0. The molecule has 0 aromatic heterocycles. The first-order valence-corrected chi connectivity index (χ1v) is 0. The van der Waals surface area contributed by atoms with E-state index in [2.05, 4.69) is 0 Å². The van der Waals surface area contributed by atoms with Gasteiger partial charge in [0.25, 0.3) is 0 Å². The van der Waals surface area contributed by atoms with Crippen molar-refractivity contribution >= 4 is 0 Å². The SMILES string of the molecule is [La].[La].[Ni].[Ni].[Ni].[Ni].[Ni].[Ni].[Ni]. The van der Waals surface area contributed by atoms with Gasteiger partial charge in [-0.05, 0) is 0 Å². The third kappa shape index (κ3) is 56.9. The van der Waals surface area contributed by atoms with Crippen molar-refractivity contribution in [2.24, 2.45) is 0 Å². The van der Waals surface area contributed by atoms with Crippen LogP contribution in [0.2, 0.25) is 0 Å². The van der Waals surface area contributed by atoms with E-state index in [0.717, 1.165) is 0 Å². The van der Waals surface area contributed by atoms with Gasteiger partial charge in [-0.15, -0.1) is 0 Å². The summed E-state index contributed by atoms with van der Waals surface area (Å²) in [5.74, 6) is 0. The Balaban J connectivity index is 0. The van der Waals surface area contributed by atoms with E-state index < -0.39 is 0 Å². The molecular formula is La2Ni7. The van der Waals surface area contributed by atoms with Gasteiger partial charge in [0.15, 0.2) is 0 Å². The molecule has 0 nitrogen and oxygen atoms in total. The minimum Gasteiger partial charge on any atom is 0 e. The third-order valence-electron chi connectivity index (χ3n) is 0. The average molecular weight is 689 g/mol. The molecule has 0 N–H and O–H groups in total. The summed E-state index contributed by atoms with van der Waals surface area (Å²) in [7, 11) is 0. The Bertz CT molecular complexity index is 6.88. The zero-order valence-corrected chi connectivity index (χ0v) is 17.5. The van der Waals surface area contributed by atoms with Crippen molar-refractivity contribution in [3.05, 3.63) is 0 Å². The van der Waals surface area contributed by atoms with Crippen molar-refractivity contribution < 1.29 is 187 Å². The van der Waals surface area contributed by atoms with Crippen LogP contribution in [0, 0.1) is 71.2 Å². The van der Waals surface area contributed by atoms with Crippen LogP contribution in [0.4, 0.5) is 0 Å². The van der Waals surface area contributed by atoms with Crippen LogP contribution in [-0.2, 0) is 115 Å². The molecule has 0 aliphatic carbocycles. The predicted molar refractivity (Wildman–Crippen MR) is 0 cm³/mol. The summed E-state index contributed by atoms with van der Waals surface area (Å²) in [6, 6.07) is 0. The molecule has 0 atom stereocenters. The minimum atomic E-state index is 0. The van der Waals surface area contributed by atoms with E-state index in [1.807, 2.05) is 0 Å². The van der Waals surface area contributed by atoms with Crippen molar-refractivity contribution in [2.75, 3.05) is 0 Å². The molecule has 0 spiro atoms. The van der Waals surface area contributed by atoms with Gasteiger partial charge in [-0.2, -0.15) is 0 Å². The molecule has 76 valence electrons. The van der Waals surface area contributed by atoms with Crippen molar-refractivity contribution in [3.8, 4) is 0 Å². The van der Waals surface area contributed by atoms with Crippen LogP contribution in [0.1, 0.15) is 0 Å². The summed E-state index contributed by atoms with van der Waals surface area (Å²) in [6.45, 7) is 0. The first-order chi connectivity index (χ1) is 0. The molecule has 0 amide bonds. The molecule has 0 bridgehead atoms. The summed E-state index contributed by atoms with van der Waals surface area (Å²) in [4.78, 5) is 0. The van der Waals surface area contributed by atoms with E-state index >= 15 is 0 Å². The summed E-state index contributed by atoms with van der Waals surface area (Å²) < 4.78 is 0. The van der Waals surface area contributed by atoms with Gasteiger partial charge in [-0.3, -0.25) is 0 Å². The first-order valence-electron chi connectivity index (χ1n) is 0. The topological polar surface area (TPSA) is 0 Å². The largest absolute Gasteiger partial charge is 0 e. The maximum Gasteiger partial charge on any atom is 0 e. The molecule has 0 saturated carbocycles. The summed E-state index contributed by atoms with van der Waals surface area (Å²) in [5.41, 5.74) is 0. The Kier molecular flexibility index (Phi) is 619. The van der Waals surface area contributed by atoms with Gasteiger partial charge in [-0.25, -0.2) is 0 Å². The Morgan fingerprint density at radius 3 is 0.222 bits per heavy atom. The van der Waals surface area contributed by atoms with E-state index in [4.69, 9.17) is 0 Å². The molecule has 0 heterocycles. The second-order valence-electron chi connectivity index (χ2n) is 0. The van der Waals surface area contributed by atoms with Gasteiger partial charge in [0, 0.05) is 187 Å². The molecule has 0 rings (SSSR count). The normalized spacial score (nSPS) is 0. The minimum absolute atomic E-state index is 0. The van der Waals surface area contributed by atoms with Crippen molar-refractivity contribution in [3.63, 3.8) is 0 Å². The third-order valence-corrected chi connectivity index (χ3v) is 0. The van der Waals surface area contributed by atoms with E-state index in [1.54, 1.807) is 0 Å². The summed E-state index contributed by atoms with van der Waals surface area (Å²) >= 11 is 0. The Morgan fingerprint density at radius 1 is 0.222 bits per heavy atom. The number of hydrogen-bond acceptors (Lipinski definition) is 0. The fourth-order valence-electron chi connectivity index (χ4n) is 0. The summed E-state index contributed by atoms with van der Waals surface area (Å²) in [6.07, 6.45) is 0. The second-order valence-corrected chi connectivity index (χ2v) is 0. The average Bonchev–Trinajstić information content (AvgIpc) is 0. The van der Waals surface area contributed by atoms with Gasteiger partial charge >= 0.3 is 0 Å². The smallest absolute Gasteiger partial charge is 0 e. The van der Waals surface area contributed by atoms with Crippen LogP contribution < -0.4 is 0 Å². The summed E-state index contributed by atoms with van der Waals surface area (Å²) in [5, 5.41) is 0. The van der Waals surface area contributed by atoms with Crippen LogP contribution in [-0.4, -0.2) is 0 Å². The van der Waals surface area contributed by atoms with Gasteiger partial charge in [0.05, 0.1) is 0 Å². The van der Waals surface area contributed by atoms with Crippen molar-refractivity contribution in [1.29, 1.82) is 0 Å². The Hall–Kier alpha value is 5.84. The fraction of sp³-hybridized carbons (Fsp3) is 0. The molecule has 0 aromatic carbocycles. The molecule has 0 fully saturated rings. The number of hydrogen-bond donors (Lipinski definition) is 0. The van der Waals surface area contributed by atoms with Crippen LogP contribution >= 0.6 is 0 Å². The fourth-order valence-corrected chi connectivity index (χ4v) is 0. The monoisotopic (exact) mass is 683 g/mol. The van der Waals surface area contributed by atoms with Crippen molar-refractivity contribution in [1.82, 2.24) is 0 Å². The molecule has 0 unspecified atom stereocenters. The van der Waals surface area contributed by atoms with Gasteiger partial charge in [0.1, 0.15) is 0 Å². The molecule has 0 saturated heterocycles. The maximum atomic E-state index is 0. The quantitative estimate of drug-likeness (QED) is 0.315. The molecule has 0 aliphatic rings. The molecule has 2 radical (unpaired) electrons. The molecular weight excluding hydrogens is 689 g/mol. The molecule has 9 heteroatoms. The van der Waals surface area contributed by atoms with Gasteiger partial charge in [0.2, 0.25) is 0 Å². The van der Waals surface area contributed by atoms with Crippen LogP contribution in [0.25, 0.3) is 0 Å². The number of rotatable bonds is 0. The van der Waals surface area contributed by atoms with Crippen LogP contribution in [0.3, 0.4) is 0 Å². The van der Waals surface area contributed by atoms with E-state index in [1.165, 1.54) is 0 Å². The van der Waals surface area contributed by atoms with Gasteiger partial charge in [-0.1, -0.05) is 0 Å². The molecule has 9 heavy (non-hydrogen) atoms.